The second-order valence-corrected chi connectivity index (χ2v) is 6.34. The van der Waals surface area contributed by atoms with Crippen LogP contribution in [0.1, 0.15) is 30.0 Å². The molecule has 1 heterocycles. The van der Waals surface area contributed by atoms with Gasteiger partial charge in [-0.2, -0.15) is 0 Å². The molecule has 0 bridgehead atoms. The molecule has 3 aromatic rings. The second-order valence-electron chi connectivity index (χ2n) is 6.34. The number of hydrogen-bond acceptors (Lipinski definition) is 7. The predicted octanol–water partition coefficient (Wildman–Crippen LogP) is 4.05. The average molecular weight is 382 g/mol. The largest absolute Gasteiger partial charge is 0.497 e. The van der Waals surface area contributed by atoms with Crippen LogP contribution in [-0.2, 0) is 9.53 Å². The van der Waals surface area contributed by atoms with Crippen molar-refractivity contribution in [3.8, 4) is 23.0 Å². The predicted molar refractivity (Wildman–Crippen MR) is 102 cm³/mol. The highest BCUT2D eigenvalue weighted by Gasteiger charge is 2.19. The van der Waals surface area contributed by atoms with Crippen molar-refractivity contribution in [1.29, 1.82) is 0 Å². The summed E-state index contributed by atoms with van der Waals surface area (Å²) in [6.07, 6.45) is -0.685. The summed E-state index contributed by atoms with van der Waals surface area (Å²) in [4.78, 5) is 12.0. The van der Waals surface area contributed by atoms with Crippen LogP contribution in [-0.4, -0.2) is 29.9 Å². The Labute approximate surface area is 163 Å². The molecule has 1 atom stereocenters. The average Bonchev–Trinajstić information content (AvgIpc) is 3.19. The summed E-state index contributed by atoms with van der Waals surface area (Å²) < 4.78 is 21.5. The lowest BCUT2D eigenvalue weighted by atomic mass is 10.1. The Morgan fingerprint density at radius 1 is 1.04 bits per heavy atom. The molecule has 7 heteroatoms. The maximum Gasteiger partial charge on any atom is 0.344 e. The van der Waals surface area contributed by atoms with Crippen LogP contribution in [0.3, 0.4) is 0 Å². The van der Waals surface area contributed by atoms with Crippen molar-refractivity contribution in [3.63, 3.8) is 0 Å². The lowest BCUT2D eigenvalue weighted by molar-refractivity contribution is -0.152. The van der Waals surface area contributed by atoms with Gasteiger partial charge in [0.05, 0.1) is 7.11 Å². The highest BCUT2D eigenvalue weighted by atomic mass is 16.6. The molecule has 0 N–H and O–H groups in total. The molecular formula is C21H22N2O5. The van der Waals surface area contributed by atoms with Crippen LogP contribution in [0, 0.1) is 13.8 Å². The van der Waals surface area contributed by atoms with Crippen molar-refractivity contribution in [3.05, 3.63) is 59.5 Å². The zero-order valence-electron chi connectivity index (χ0n) is 16.3. The third-order valence-corrected chi connectivity index (χ3v) is 4.27. The molecule has 0 saturated carbocycles. The van der Waals surface area contributed by atoms with E-state index in [9.17, 15) is 4.79 Å². The molecule has 2 aromatic carbocycles. The number of aryl methyl sites for hydroxylation is 2. The number of esters is 1. The van der Waals surface area contributed by atoms with E-state index in [2.05, 4.69) is 10.2 Å². The normalized spacial score (nSPS) is 11.7. The lowest BCUT2D eigenvalue weighted by Crippen LogP contribution is -2.17. The van der Waals surface area contributed by atoms with Crippen molar-refractivity contribution in [1.82, 2.24) is 10.2 Å². The lowest BCUT2D eigenvalue weighted by Gasteiger charge is -2.11. The fraction of sp³-hybridized carbons (Fsp3) is 0.286. The molecule has 0 spiro atoms. The number of rotatable bonds is 7. The standard InChI is InChI=1S/C21H22N2O5/c1-13-5-8-18(11-14(13)2)26-12-19(24)27-15(3)20-22-23-21(28-20)16-6-9-17(25-4)10-7-16/h5-11,15H,12H2,1-4H3/t15-/m1/s1. The van der Waals surface area contributed by atoms with E-state index in [0.29, 0.717) is 11.6 Å². The first-order chi connectivity index (χ1) is 13.5. The molecule has 0 fully saturated rings. The zero-order valence-corrected chi connectivity index (χ0v) is 16.3. The number of methoxy groups -OCH3 is 1. The maximum atomic E-state index is 12.0. The smallest absolute Gasteiger partial charge is 0.344 e. The van der Waals surface area contributed by atoms with E-state index < -0.39 is 12.1 Å². The van der Waals surface area contributed by atoms with Gasteiger partial charge in [0, 0.05) is 5.56 Å². The van der Waals surface area contributed by atoms with E-state index in [0.717, 1.165) is 22.4 Å². The van der Waals surface area contributed by atoms with Gasteiger partial charge >= 0.3 is 5.97 Å². The van der Waals surface area contributed by atoms with E-state index in [1.807, 2.05) is 44.2 Å². The van der Waals surface area contributed by atoms with E-state index in [1.165, 1.54) is 0 Å². The molecule has 0 saturated heterocycles. The van der Waals surface area contributed by atoms with Gasteiger partial charge in [-0.1, -0.05) is 6.07 Å². The maximum absolute atomic E-state index is 12.0. The van der Waals surface area contributed by atoms with Crippen molar-refractivity contribution >= 4 is 5.97 Å². The number of aromatic nitrogens is 2. The molecule has 3 rings (SSSR count). The van der Waals surface area contributed by atoms with Crippen molar-refractivity contribution < 1.29 is 23.4 Å². The minimum Gasteiger partial charge on any atom is -0.497 e. The molecule has 146 valence electrons. The molecule has 0 radical (unpaired) electrons. The third-order valence-electron chi connectivity index (χ3n) is 4.27. The zero-order chi connectivity index (χ0) is 20.1. The Balaban J connectivity index is 1.56. The van der Waals surface area contributed by atoms with Gasteiger partial charge in [0.25, 0.3) is 5.89 Å². The van der Waals surface area contributed by atoms with Crippen LogP contribution in [0.15, 0.2) is 46.9 Å². The van der Waals surface area contributed by atoms with Gasteiger partial charge in [-0.25, -0.2) is 4.79 Å². The van der Waals surface area contributed by atoms with Gasteiger partial charge in [0.2, 0.25) is 5.89 Å². The first-order valence-corrected chi connectivity index (χ1v) is 8.83. The number of carbonyl (C=O) groups is 1. The summed E-state index contributed by atoms with van der Waals surface area (Å²) in [7, 11) is 1.60. The second kappa shape index (κ2) is 8.56. The van der Waals surface area contributed by atoms with Crippen molar-refractivity contribution in [2.24, 2.45) is 0 Å². The van der Waals surface area contributed by atoms with Crippen molar-refractivity contribution in [2.45, 2.75) is 26.9 Å². The summed E-state index contributed by atoms with van der Waals surface area (Å²) in [5, 5.41) is 7.96. The minimum atomic E-state index is -0.685. The number of carbonyl (C=O) groups excluding carboxylic acids is 1. The Morgan fingerprint density at radius 2 is 1.75 bits per heavy atom. The first kappa shape index (κ1) is 19.4. The van der Waals surface area contributed by atoms with Gasteiger partial charge in [-0.15, -0.1) is 10.2 Å². The Kier molecular flexibility index (Phi) is 5.93. The fourth-order valence-corrected chi connectivity index (χ4v) is 2.48. The Bertz CT molecular complexity index is 950. The molecule has 1 aromatic heterocycles. The number of nitrogens with zero attached hydrogens (tertiary/aromatic N) is 2. The Morgan fingerprint density at radius 3 is 2.43 bits per heavy atom. The molecule has 28 heavy (non-hydrogen) atoms. The molecule has 0 aliphatic heterocycles. The first-order valence-electron chi connectivity index (χ1n) is 8.83. The quantitative estimate of drug-likeness (QED) is 0.570. The van der Waals surface area contributed by atoms with Crippen LogP contribution in [0.5, 0.6) is 11.5 Å². The molecule has 7 nitrogen and oxygen atoms in total. The van der Waals surface area contributed by atoms with Crippen molar-refractivity contribution in [2.75, 3.05) is 13.7 Å². The summed E-state index contributed by atoms with van der Waals surface area (Å²) in [5.41, 5.74) is 3.00. The molecule has 0 amide bonds. The molecule has 0 aliphatic rings. The van der Waals surface area contributed by atoms with E-state index in [4.69, 9.17) is 18.6 Å². The summed E-state index contributed by atoms with van der Waals surface area (Å²) in [6, 6.07) is 12.9. The van der Waals surface area contributed by atoms with E-state index >= 15 is 0 Å². The van der Waals surface area contributed by atoms with Crippen LogP contribution < -0.4 is 9.47 Å². The highest BCUT2D eigenvalue weighted by Crippen LogP contribution is 2.24. The van der Waals surface area contributed by atoms with E-state index in [1.54, 1.807) is 26.2 Å². The van der Waals surface area contributed by atoms with Crippen LogP contribution >= 0.6 is 0 Å². The Hall–Kier alpha value is -3.35. The number of benzene rings is 2. The van der Waals surface area contributed by atoms with Gasteiger partial charge in [-0.05, 0) is 68.3 Å². The van der Waals surface area contributed by atoms with Gasteiger partial charge in [0.15, 0.2) is 12.7 Å². The molecular weight excluding hydrogens is 360 g/mol. The van der Waals surface area contributed by atoms with Crippen LogP contribution in [0.4, 0.5) is 0 Å². The summed E-state index contributed by atoms with van der Waals surface area (Å²) in [5.74, 6) is 1.38. The SMILES string of the molecule is COc1ccc(-c2nnc([C@@H](C)OC(=O)COc3ccc(C)c(C)c3)o2)cc1. The third kappa shape index (κ3) is 4.68. The van der Waals surface area contributed by atoms with Crippen LogP contribution in [0.2, 0.25) is 0 Å². The van der Waals surface area contributed by atoms with Gasteiger partial charge in [0.1, 0.15) is 11.5 Å². The number of hydrogen-bond donors (Lipinski definition) is 0. The van der Waals surface area contributed by atoms with Crippen LogP contribution in [0.25, 0.3) is 11.5 Å². The highest BCUT2D eigenvalue weighted by molar-refractivity contribution is 5.71. The summed E-state index contributed by atoms with van der Waals surface area (Å²) >= 11 is 0. The van der Waals surface area contributed by atoms with Gasteiger partial charge in [-0.3, -0.25) is 0 Å². The summed E-state index contributed by atoms with van der Waals surface area (Å²) in [6.45, 7) is 5.46. The van der Waals surface area contributed by atoms with Gasteiger partial charge < -0.3 is 18.6 Å². The number of ether oxygens (including phenoxy) is 3. The fourth-order valence-electron chi connectivity index (χ4n) is 2.48. The molecule has 0 unspecified atom stereocenters. The van der Waals surface area contributed by atoms with E-state index in [-0.39, 0.29) is 12.5 Å². The topological polar surface area (TPSA) is 83.7 Å². The molecule has 0 aliphatic carbocycles. The monoisotopic (exact) mass is 382 g/mol. The minimum absolute atomic E-state index is 0.202.